The Morgan fingerprint density at radius 1 is 1.43 bits per heavy atom. The molecule has 7 heteroatoms. The Bertz CT molecular complexity index is 704. The van der Waals surface area contributed by atoms with Crippen molar-refractivity contribution in [2.24, 2.45) is 7.05 Å². The molecule has 0 bridgehead atoms. The number of halogens is 1. The van der Waals surface area contributed by atoms with Gasteiger partial charge >= 0.3 is 6.03 Å². The molecule has 0 aliphatic heterocycles. The first kappa shape index (κ1) is 17.4. The molecule has 0 spiro atoms. The second kappa shape index (κ2) is 7.08. The minimum Gasteiger partial charge on any atom is -0.351 e. The lowest BCUT2D eigenvalue weighted by Crippen LogP contribution is -2.37. The summed E-state index contributed by atoms with van der Waals surface area (Å²) < 4.78 is 3.87. The number of amides is 2. The first-order chi connectivity index (χ1) is 10.8. The maximum Gasteiger partial charge on any atom is 0.317 e. The summed E-state index contributed by atoms with van der Waals surface area (Å²) in [5.74, 6) is 0. The van der Waals surface area contributed by atoms with Crippen molar-refractivity contribution >= 4 is 17.6 Å². The number of rotatable bonds is 5. The van der Waals surface area contributed by atoms with Crippen LogP contribution in [-0.4, -0.2) is 32.3 Å². The average molecular weight is 338 g/mol. The molecule has 2 rings (SSSR count). The average Bonchev–Trinajstić information content (AvgIpc) is 2.95. The fourth-order valence-electron chi connectivity index (χ4n) is 2.63. The van der Waals surface area contributed by atoms with Crippen LogP contribution < -0.4 is 5.32 Å². The number of nitrogens with zero attached hydrogens (tertiary/aromatic N) is 4. The minimum atomic E-state index is -0.120. The van der Waals surface area contributed by atoms with Gasteiger partial charge in [0.2, 0.25) is 0 Å². The maximum atomic E-state index is 12.3. The molecule has 0 aromatic carbocycles. The van der Waals surface area contributed by atoms with Gasteiger partial charge in [-0.3, -0.25) is 4.68 Å². The summed E-state index contributed by atoms with van der Waals surface area (Å²) in [5, 5.41) is 8.10. The van der Waals surface area contributed by atoms with Gasteiger partial charge in [-0.2, -0.15) is 5.10 Å². The monoisotopic (exact) mass is 337 g/mol. The van der Waals surface area contributed by atoms with E-state index in [1.54, 1.807) is 11.9 Å². The van der Waals surface area contributed by atoms with Gasteiger partial charge in [-0.05, 0) is 26.8 Å². The van der Waals surface area contributed by atoms with Crippen molar-refractivity contribution < 1.29 is 4.79 Å². The zero-order valence-electron chi connectivity index (χ0n) is 14.4. The summed E-state index contributed by atoms with van der Waals surface area (Å²) in [5.41, 5.74) is 4.12. The van der Waals surface area contributed by atoms with Crippen molar-refractivity contribution in [1.29, 1.82) is 0 Å². The molecule has 0 saturated carbocycles. The molecule has 2 amide bonds. The summed E-state index contributed by atoms with van der Waals surface area (Å²) in [4.78, 5) is 13.9. The zero-order chi connectivity index (χ0) is 17.1. The standard InChI is InChI=1S/C16H24ClN5O/c1-6-22-12(3)15(11(2)19-22)8-18-16(23)21(5)10-14-7-13(17)9-20(14)4/h7,9H,6,8,10H2,1-5H3,(H,18,23). The van der Waals surface area contributed by atoms with E-state index < -0.39 is 0 Å². The Labute approximate surface area is 142 Å². The van der Waals surface area contributed by atoms with Crippen molar-refractivity contribution in [2.75, 3.05) is 7.05 Å². The van der Waals surface area contributed by atoms with Gasteiger partial charge in [-0.15, -0.1) is 0 Å². The lowest BCUT2D eigenvalue weighted by molar-refractivity contribution is 0.205. The van der Waals surface area contributed by atoms with Crippen molar-refractivity contribution in [1.82, 2.24) is 24.6 Å². The van der Waals surface area contributed by atoms with Crippen LogP contribution in [-0.2, 0) is 26.7 Å². The SMILES string of the molecule is CCn1nc(C)c(CNC(=O)N(C)Cc2cc(Cl)cn2C)c1C. The predicted octanol–water partition coefficient (Wildman–Crippen LogP) is 2.85. The van der Waals surface area contributed by atoms with E-state index in [0.717, 1.165) is 29.2 Å². The Balaban J connectivity index is 1.97. The molecule has 6 nitrogen and oxygen atoms in total. The van der Waals surface area contributed by atoms with Crippen molar-refractivity contribution in [3.8, 4) is 0 Å². The normalized spacial score (nSPS) is 10.9. The number of hydrogen-bond acceptors (Lipinski definition) is 2. The van der Waals surface area contributed by atoms with E-state index in [2.05, 4.69) is 17.3 Å². The van der Waals surface area contributed by atoms with Crippen molar-refractivity contribution in [3.05, 3.63) is 39.9 Å². The molecule has 2 heterocycles. The molecule has 0 aliphatic rings. The number of carbonyl (C=O) groups excluding carboxylic acids is 1. The number of aryl methyl sites for hydroxylation is 3. The van der Waals surface area contributed by atoms with E-state index in [4.69, 9.17) is 11.6 Å². The number of aromatic nitrogens is 3. The molecule has 1 N–H and O–H groups in total. The largest absolute Gasteiger partial charge is 0.351 e. The summed E-state index contributed by atoms with van der Waals surface area (Å²) in [7, 11) is 3.68. The van der Waals surface area contributed by atoms with Gasteiger partial charge in [-0.1, -0.05) is 11.6 Å². The minimum absolute atomic E-state index is 0.120. The smallest absolute Gasteiger partial charge is 0.317 e. The first-order valence-electron chi connectivity index (χ1n) is 7.66. The van der Waals surface area contributed by atoms with Gasteiger partial charge in [0.25, 0.3) is 0 Å². The van der Waals surface area contributed by atoms with E-state index in [9.17, 15) is 4.79 Å². The van der Waals surface area contributed by atoms with Crippen molar-refractivity contribution in [3.63, 3.8) is 0 Å². The van der Waals surface area contributed by atoms with E-state index in [-0.39, 0.29) is 6.03 Å². The van der Waals surface area contributed by atoms with Gasteiger partial charge in [-0.25, -0.2) is 4.79 Å². The number of hydrogen-bond donors (Lipinski definition) is 1. The van der Waals surface area contributed by atoms with Crippen LogP contribution in [0.25, 0.3) is 0 Å². The van der Waals surface area contributed by atoms with E-state index in [1.807, 2.05) is 42.4 Å². The molecule has 2 aromatic heterocycles. The van der Waals surface area contributed by atoms with Gasteiger partial charge in [0.15, 0.2) is 0 Å². The van der Waals surface area contributed by atoms with Gasteiger partial charge in [0, 0.05) is 50.3 Å². The highest BCUT2D eigenvalue weighted by Crippen LogP contribution is 2.15. The lowest BCUT2D eigenvalue weighted by Gasteiger charge is -2.18. The summed E-state index contributed by atoms with van der Waals surface area (Å²) >= 11 is 5.97. The Hall–Kier alpha value is -1.95. The molecule has 0 fully saturated rings. The molecule has 126 valence electrons. The molecule has 2 aromatic rings. The summed E-state index contributed by atoms with van der Waals surface area (Å²) in [6, 6.07) is 1.75. The third kappa shape index (κ3) is 3.88. The zero-order valence-corrected chi connectivity index (χ0v) is 15.1. The van der Waals surface area contributed by atoms with Crippen LogP contribution in [0, 0.1) is 13.8 Å². The van der Waals surface area contributed by atoms with Crippen LogP contribution >= 0.6 is 11.6 Å². The highest BCUT2D eigenvalue weighted by Gasteiger charge is 2.14. The van der Waals surface area contributed by atoms with Crippen LogP contribution in [0.15, 0.2) is 12.3 Å². The van der Waals surface area contributed by atoms with Crippen LogP contribution in [0.3, 0.4) is 0 Å². The molecular formula is C16H24ClN5O. The highest BCUT2D eigenvalue weighted by molar-refractivity contribution is 6.30. The molecule has 0 radical (unpaired) electrons. The van der Waals surface area contributed by atoms with Crippen LogP contribution in [0.1, 0.15) is 29.6 Å². The topological polar surface area (TPSA) is 55.1 Å². The third-order valence-electron chi connectivity index (χ3n) is 4.07. The molecule has 0 unspecified atom stereocenters. The third-order valence-corrected chi connectivity index (χ3v) is 4.27. The quantitative estimate of drug-likeness (QED) is 0.912. The van der Waals surface area contributed by atoms with Crippen LogP contribution in [0.4, 0.5) is 4.79 Å². The number of nitrogens with one attached hydrogen (secondary N) is 1. The summed E-state index contributed by atoms with van der Waals surface area (Å²) in [6.45, 7) is 7.86. The van der Waals surface area contributed by atoms with Crippen LogP contribution in [0.2, 0.25) is 5.02 Å². The second-order valence-corrected chi connectivity index (χ2v) is 6.18. The Morgan fingerprint density at radius 3 is 2.65 bits per heavy atom. The van der Waals surface area contributed by atoms with Gasteiger partial charge in [0.05, 0.1) is 17.3 Å². The van der Waals surface area contributed by atoms with Crippen LogP contribution in [0.5, 0.6) is 0 Å². The Morgan fingerprint density at radius 2 is 2.13 bits per heavy atom. The fraction of sp³-hybridized carbons (Fsp3) is 0.500. The molecular weight excluding hydrogens is 314 g/mol. The van der Waals surface area contributed by atoms with Crippen molar-refractivity contribution in [2.45, 2.75) is 40.4 Å². The van der Waals surface area contributed by atoms with Gasteiger partial charge < -0.3 is 14.8 Å². The second-order valence-electron chi connectivity index (χ2n) is 5.74. The first-order valence-corrected chi connectivity index (χ1v) is 8.03. The predicted molar refractivity (Wildman–Crippen MR) is 91.5 cm³/mol. The maximum absolute atomic E-state index is 12.3. The molecule has 23 heavy (non-hydrogen) atoms. The molecule has 0 aliphatic carbocycles. The van der Waals surface area contributed by atoms with Gasteiger partial charge in [0.1, 0.15) is 0 Å². The number of carbonyl (C=O) groups is 1. The molecule has 0 atom stereocenters. The van der Waals surface area contributed by atoms with E-state index in [0.29, 0.717) is 18.1 Å². The molecule has 0 saturated heterocycles. The van der Waals surface area contributed by atoms with E-state index >= 15 is 0 Å². The van der Waals surface area contributed by atoms with E-state index in [1.165, 1.54) is 0 Å². The fourth-order valence-corrected chi connectivity index (χ4v) is 2.91. The highest BCUT2D eigenvalue weighted by atomic mass is 35.5. The number of urea groups is 1. The summed E-state index contributed by atoms with van der Waals surface area (Å²) in [6.07, 6.45) is 1.83. The Kier molecular flexibility index (Phi) is 5.36. The lowest BCUT2D eigenvalue weighted by atomic mass is 10.2.